The summed E-state index contributed by atoms with van der Waals surface area (Å²) in [4.78, 5) is 0. The molecule has 0 atom stereocenters. The summed E-state index contributed by atoms with van der Waals surface area (Å²) in [5, 5.41) is 10.8. The van der Waals surface area contributed by atoms with Crippen molar-refractivity contribution >= 4 is 0 Å². The molecule has 0 amide bonds. The summed E-state index contributed by atoms with van der Waals surface area (Å²) in [6.45, 7) is 3.48. The van der Waals surface area contributed by atoms with Crippen molar-refractivity contribution in [1.29, 1.82) is 0 Å². The molecule has 1 aromatic heterocycles. The lowest BCUT2D eigenvalue weighted by molar-refractivity contribution is 0.577. The topological polar surface area (TPSA) is 42.7 Å². The number of hydrogen-bond acceptors (Lipinski definition) is 3. The Balaban J connectivity index is 2.24. The monoisotopic (exact) mass is 252 g/mol. The van der Waals surface area contributed by atoms with Crippen LogP contribution in [0.25, 0.3) is 5.69 Å². The van der Waals surface area contributed by atoms with E-state index in [9.17, 15) is 8.78 Å². The molecule has 2 aromatic rings. The Morgan fingerprint density at radius 1 is 1.22 bits per heavy atom. The molecule has 0 spiro atoms. The van der Waals surface area contributed by atoms with Crippen LogP contribution in [-0.2, 0) is 6.54 Å². The Morgan fingerprint density at radius 3 is 2.61 bits per heavy atom. The smallest absolute Gasteiger partial charge is 0.128 e. The van der Waals surface area contributed by atoms with Crippen LogP contribution < -0.4 is 5.32 Å². The first-order valence-corrected chi connectivity index (χ1v) is 5.77. The highest BCUT2D eigenvalue weighted by Crippen LogP contribution is 2.13. The SMILES string of the molecule is CCCNCc1cnnn1-c1cc(F)cc(F)c1. The molecule has 0 aliphatic heterocycles. The summed E-state index contributed by atoms with van der Waals surface area (Å²) < 4.78 is 27.7. The lowest BCUT2D eigenvalue weighted by atomic mass is 10.3. The molecule has 0 aliphatic rings. The number of nitrogens with zero attached hydrogens (tertiary/aromatic N) is 3. The summed E-state index contributed by atoms with van der Waals surface area (Å²) in [6.07, 6.45) is 2.58. The summed E-state index contributed by atoms with van der Waals surface area (Å²) in [6, 6.07) is 3.28. The number of nitrogens with one attached hydrogen (secondary N) is 1. The van der Waals surface area contributed by atoms with Gasteiger partial charge in [0.15, 0.2) is 0 Å². The molecule has 96 valence electrons. The molecule has 0 aliphatic carbocycles. The van der Waals surface area contributed by atoms with Crippen molar-refractivity contribution in [1.82, 2.24) is 20.3 Å². The number of halogens is 2. The van der Waals surface area contributed by atoms with Crippen LogP contribution in [0.2, 0.25) is 0 Å². The molecule has 0 saturated heterocycles. The van der Waals surface area contributed by atoms with Gasteiger partial charge in [0.2, 0.25) is 0 Å². The van der Waals surface area contributed by atoms with Crippen molar-refractivity contribution in [3.8, 4) is 5.69 Å². The zero-order valence-corrected chi connectivity index (χ0v) is 10.0. The first kappa shape index (κ1) is 12.6. The number of rotatable bonds is 5. The molecule has 1 heterocycles. The minimum atomic E-state index is -0.632. The van der Waals surface area contributed by atoms with Gasteiger partial charge in [0.05, 0.1) is 17.6 Å². The third kappa shape index (κ3) is 2.89. The summed E-state index contributed by atoms with van der Waals surface area (Å²) in [5.74, 6) is -1.26. The van der Waals surface area contributed by atoms with E-state index in [4.69, 9.17) is 0 Å². The maximum Gasteiger partial charge on any atom is 0.128 e. The van der Waals surface area contributed by atoms with Gasteiger partial charge in [-0.1, -0.05) is 12.1 Å². The van der Waals surface area contributed by atoms with Gasteiger partial charge in [-0.2, -0.15) is 0 Å². The van der Waals surface area contributed by atoms with Crippen LogP contribution in [0.5, 0.6) is 0 Å². The van der Waals surface area contributed by atoms with E-state index in [1.807, 2.05) is 0 Å². The van der Waals surface area contributed by atoms with Gasteiger partial charge in [0.1, 0.15) is 11.6 Å². The Kier molecular flexibility index (Phi) is 3.99. The average Bonchev–Trinajstić information content (AvgIpc) is 2.76. The van der Waals surface area contributed by atoms with Crippen LogP contribution in [0.15, 0.2) is 24.4 Å². The van der Waals surface area contributed by atoms with Crippen LogP contribution in [0.1, 0.15) is 19.0 Å². The lowest BCUT2D eigenvalue weighted by Gasteiger charge is -2.07. The molecule has 0 unspecified atom stereocenters. The van der Waals surface area contributed by atoms with Crippen molar-refractivity contribution in [3.63, 3.8) is 0 Å². The van der Waals surface area contributed by atoms with Crippen LogP contribution in [-0.4, -0.2) is 21.5 Å². The van der Waals surface area contributed by atoms with E-state index < -0.39 is 11.6 Å². The molecule has 2 rings (SSSR count). The normalized spacial score (nSPS) is 10.8. The molecule has 0 saturated carbocycles. The Hall–Kier alpha value is -1.82. The zero-order valence-electron chi connectivity index (χ0n) is 10.0. The fraction of sp³-hybridized carbons (Fsp3) is 0.333. The van der Waals surface area contributed by atoms with Crippen molar-refractivity contribution in [3.05, 3.63) is 41.7 Å². The maximum atomic E-state index is 13.1. The third-order valence-corrected chi connectivity index (χ3v) is 2.44. The van der Waals surface area contributed by atoms with Gasteiger partial charge >= 0.3 is 0 Å². The van der Waals surface area contributed by atoms with Gasteiger partial charge in [-0.3, -0.25) is 0 Å². The van der Waals surface area contributed by atoms with Crippen molar-refractivity contribution in [2.45, 2.75) is 19.9 Å². The van der Waals surface area contributed by atoms with Crippen LogP contribution in [0.4, 0.5) is 8.78 Å². The third-order valence-electron chi connectivity index (χ3n) is 2.44. The highest BCUT2D eigenvalue weighted by atomic mass is 19.1. The molecule has 4 nitrogen and oxygen atoms in total. The van der Waals surface area contributed by atoms with E-state index in [0.29, 0.717) is 12.2 Å². The maximum absolute atomic E-state index is 13.1. The van der Waals surface area contributed by atoms with Crippen LogP contribution in [0, 0.1) is 11.6 Å². The molecular formula is C12H14F2N4. The van der Waals surface area contributed by atoms with E-state index >= 15 is 0 Å². The second-order valence-electron chi connectivity index (χ2n) is 3.94. The van der Waals surface area contributed by atoms with Gasteiger partial charge < -0.3 is 5.32 Å². The fourth-order valence-corrected chi connectivity index (χ4v) is 1.65. The molecule has 1 N–H and O–H groups in total. The highest BCUT2D eigenvalue weighted by molar-refractivity contribution is 5.33. The van der Waals surface area contributed by atoms with E-state index in [-0.39, 0.29) is 0 Å². The minimum absolute atomic E-state index is 0.332. The van der Waals surface area contributed by atoms with Gasteiger partial charge in [-0.25, -0.2) is 13.5 Å². The second-order valence-corrected chi connectivity index (χ2v) is 3.94. The molecule has 18 heavy (non-hydrogen) atoms. The molecular weight excluding hydrogens is 238 g/mol. The van der Waals surface area contributed by atoms with E-state index in [1.54, 1.807) is 6.20 Å². The van der Waals surface area contributed by atoms with Gasteiger partial charge in [-0.15, -0.1) is 5.10 Å². The van der Waals surface area contributed by atoms with Crippen LogP contribution >= 0.6 is 0 Å². The zero-order chi connectivity index (χ0) is 13.0. The molecule has 0 fully saturated rings. The summed E-state index contributed by atoms with van der Waals surface area (Å²) in [5.41, 5.74) is 1.09. The highest BCUT2D eigenvalue weighted by Gasteiger charge is 2.08. The predicted octanol–water partition coefficient (Wildman–Crippen LogP) is 2.05. The molecule has 1 aromatic carbocycles. The second kappa shape index (κ2) is 5.68. The largest absolute Gasteiger partial charge is 0.311 e. The quantitative estimate of drug-likeness (QED) is 0.828. The van der Waals surface area contributed by atoms with Crippen molar-refractivity contribution < 1.29 is 8.78 Å². The van der Waals surface area contributed by atoms with E-state index in [0.717, 1.165) is 24.7 Å². The summed E-state index contributed by atoms with van der Waals surface area (Å²) >= 11 is 0. The Labute approximate surface area is 104 Å². The first-order valence-electron chi connectivity index (χ1n) is 5.77. The lowest BCUT2D eigenvalue weighted by Crippen LogP contribution is -2.16. The Morgan fingerprint density at radius 2 is 1.94 bits per heavy atom. The summed E-state index contributed by atoms with van der Waals surface area (Å²) in [7, 11) is 0. The van der Waals surface area contributed by atoms with E-state index in [1.165, 1.54) is 16.8 Å². The van der Waals surface area contributed by atoms with Crippen LogP contribution in [0.3, 0.4) is 0 Å². The van der Waals surface area contributed by atoms with Gasteiger partial charge in [-0.05, 0) is 25.1 Å². The molecule has 0 radical (unpaired) electrons. The molecule has 0 bridgehead atoms. The first-order chi connectivity index (χ1) is 8.70. The average molecular weight is 252 g/mol. The van der Waals surface area contributed by atoms with Crippen molar-refractivity contribution in [2.24, 2.45) is 0 Å². The minimum Gasteiger partial charge on any atom is -0.311 e. The number of hydrogen-bond donors (Lipinski definition) is 1. The number of benzene rings is 1. The molecule has 6 heteroatoms. The van der Waals surface area contributed by atoms with Gasteiger partial charge in [0.25, 0.3) is 0 Å². The van der Waals surface area contributed by atoms with Crippen molar-refractivity contribution in [2.75, 3.05) is 6.54 Å². The predicted molar refractivity (Wildman–Crippen MR) is 63.3 cm³/mol. The van der Waals surface area contributed by atoms with E-state index in [2.05, 4.69) is 22.6 Å². The Bertz CT molecular complexity index is 504. The fourth-order valence-electron chi connectivity index (χ4n) is 1.65. The standard InChI is InChI=1S/C12H14F2N4/c1-2-3-15-7-12-8-16-17-18(12)11-5-9(13)4-10(14)6-11/h4-6,8,15H,2-3,7H2,1H3. The van der Waals surface area contributed by atoms with Gasteiger partial charge in [0, 0.05) is 12.6 Å². The number of aromatic nitrogens is 3.